The summed E-state index contributed by atoms with van der Waals surface area (Å²) < 4.78 is 0. The topological polar surface area (TPSA) is 49.0 Å². The molecule has 2 heterocycles. The summed E-state index contributed by atoms with van der Waals surface area (Å²) in [5.41, 5.74) is 7.32. The molecule has 3 rings (SSSR count). The monoisotopic (exact) mass is 321 g/mol. The highest BCUT2D eigenvalue weighted by Crippen LogP contribution is 2.28. The van der Waals surface area contributed by atoms with Crippen LogP contribution in [-0.2, 0) is 6.54 Å². The van der Waals surface area contributed by atoms with Crippen LogP contribution in [0.5, 0.6) is 0 Å². The molecule has 0 spiro atoms. The van der Waals surface area contributed by atoms with Crippen LogP contribution in [0.3, 0.4) is 0 Å². The van der Waals surface area contributed by atoms with Gasteiger partial charge in [-0.1, -0.05) is 12.1 Å². The predicted octanol–water partition coefficient (Wildman–Crippen LogP) is 4.07. The lowest BCUT2D eigenvalue weighted by molar-refractivity contribution is 0.0779. The molecule has 1 aromatic carbocycles. The zero-order valence-electron chi connectivity index (χ0n) is 14.9. The van der Waals surface area contributed by atoms with Gasteiger partial charge in [-0.2, -0.15) is 0 Å². The van der Waals surface area contributed by atoms with E-state index in [-0.39, 0.29) is 5.91 Å². The summed E-state index contributed by atoms with van der Waals surface area (Å²) in [6, 6.07) is 6.16. The number of carbonyl (C=O) groups is 1. The van der Waals surface area contributed by atoms with E-state index < -0.39 is 0 Å². The maximum Gasteiger partial charge on any atom is 0.270 e. The number of amides is 1. The second kappa shape index (κ2) is 6.11. The number of aromatic amines is 1. The highest BCUT2D eigenvalue weighted by Gasteiger charge is 2.20. The molecule has 1 N–H and O–H groups in total. The first-order valence-electron chi connectivity index (χ1n) is 8.13. The van der Waals surface area contributed by atoms with E-state index in [1.165, 1.54) is 5.56 Å². The summed E-state index contributed by atoms with van der Waals surface area (Å²) in [6.07, 6.45) is 3.59. The summed E-state index contributed by atoms with van der Waals surface area (Å²) in [5.74, 6) is 0.0127. The van der Waals surface area contributed by atoms with E-state index in [1.807, 2.05) is 33.2 Å². The van der Waals surface area contributed by atoms with Crippen LogP contribution in [0.25, 0.3) is 10.9 Å². The molecule has 124 valence electrons. The van der Waals surface area contributed by atoms with Crippen molar-refractivity contribution in [2.75, 3.05) is 7.05 Å². The fourth-order valence-corrected chi connectivity index (χ4v) is 3.21. The molecule has 4 nitrogen and oxygen atoms in total. The van der Waals surface area contributed by atoms with Gasteiger partial charge in [0, 0.05) is 36.9 Å². The number of hydrogen-bond donors (Lipinski definition) is 1. The van der Waals surface area contributed by atoms with Gasteiger partial charge in [0.15, 0.2) is 0 Å². The van der Waals surface area contributed by atoms with E-state index in [9.17, 15) is 4.79 Å². The van der Waals surface area contributed by atoms with Gasteiger partial charge < -0.3 is 9.88 Å². The van der Waals surface area contributed by atoms with Crippen molar-refractivity contribution in [3.05, 3.63) is 64.1 Å². The van der Waals surface area contributed by atoms with E-state index >= 15 is 0 Å². The number of H-pyrrole nitrogens is 1. The molecule has 1 amide bonds. The number of aryl methyl sites for hydroxylation is 4. The molecule has 3 aromatic rings. The second-order valence-corrected chi connectivity index (χ2v) is 6.54. The molecule has 0 fully saturated rings. The molecular formula is C20H23N3O. The number of pyridine rings is 1. The average Bonchev–Trinajstić information content (AvgIpc) is 2.91. The number of rotatable bonds is 3. The molecule has 0 aliphatic carbocycles. The van der Waals surface area contributed by atoms with Crippen LogP contribution in [0.1, 0.15) is 38.3 Å². The quantitative estimate of drug-likeness (QED) is 0.790. The lowest BCUT2D eigenvalue weighted by atomic mass is 10.0. The van der Waals surface area contributed by atoms with Gasteiger partial charge in [0.1, 0.15) is 5.69 Å². The van der Waals surface area contributed by atoms with Gasteiger partial charge in [-0.05, 0) is 61.6 Å². The Morgan fingerprint density at radius 3 is 2.46 bits per heavy atom. The van der Waals surface area contributed by atoms with Crippen molar-refractivity contribution >= 4 is 16.8 Å². The molecule has 0 radical (unpaired) electrons. The third kappa shape index (κ3) is 2.68. The maximum atomic E-state index is 13.0. The van der Waals surface area contributed by atoms with Crippen molar-refractivity contribution in [1.82, 2.24) is 14.9 Å². The Kier molecular flexibility index (Phi) is 4.14. The zero-order chi connectivity index (χ0) is 17.4. The number of aromatic nitrogens is 2. The van der Waals surface area contributed by atoms with Crippen LogP contribution in [0.2, 0.25) is 0 Å². The molecule has 0 saturated heterocycles. The molecular weight excluding hydrogens is 298 g/mol. The van der Waals surface area contributed by atoms with E-state index in [1.54, 1.807) is 11.1 Å². The van der Waals surface area contributed by atoms with Gasteiger partial charge in [0.05, 0.1) is 0 Å². The summed E-state index contributed by atoms with van der Waals surface area (Å²) in [4.78, 5) is 22.2. The van der Waals surface area contributed by atoms with Crippen LogP contribution in [-0.4, -0.2) is 27.8 Å². The van der Waals surface area contributed by atoms with Gasteiger partial charge in [0.25, 0.3) is 5.91 Å². The van der Waals surface area contributed by atoms with Crippen molar-refractivity contribution in [2.24, 2.45) is 0 Å². The number of nitrogens with one attached hydrogen (secondary N) is 1. The molecule has 24 heavy (non-hydrogen) atoms. The van der Waals surface area contributed by atoms with Gasteiger partial charge >= 0.3 is 0 Å². The number of carbonyl (C=O) groups excluding carboxylic acids is 1. The van der Waals surface area contributed by atoms with E-state index in [0.29, 0.717) is 12.2 Å². The summed E-state index contributed by atoms with van der Waals surface area (Å²) in [6.45, 7) is 8.75. The van der Waals surface area contributed by atoms with E-state index in [2.05, 4.69) is 35.9 Å². The second-order valence-electron chi connectivity index (χ2n) is 6.54. The smallest absolute Gasteiger partial charge is 0.270 e. The molecule has 0 aliphatic heterocycles. The van der Waals surface area contributed by atoms with E-state index in [4.69, 9.17) is 0 Å². The first kappa shape index (κ1) is 16.2. The molecule has 0 atom stereocenters. The van der Waals surface area contributed by atoms with Crippen LogP contribution in [0.15, 0.2) is 30.6 Å². The Bertz CT molecular complexity index is 924. The van der Waals surface area contributed by atoms with Crippen LogP contribution in [0, 0.1) is 27.7 Å². The maximum absolute atomic E-state index is 13.0. The fourth-order valence-electron chi connectivity index (χ4n) is 3.21. The van der Waals surface area contributed by atoms with Crippen LogP contribution in [0.4, 0.5) is 0 Å². The van der Waals surface area contributed by atoms with Gasteiger partial charge in [0.2, 0.25) is 0 Å². The third-order valence-corrected chi connectivity index (χ3v) is 4.73. The number of fused-ring (bicyclic) bond motifs is 1. The lowest BCUT2D eigenvalue weighted by Gasteiger charge is -2.18. The standard InChI is InChI=1S/C20H23N3O/c1-12-6-7-13(2)18-17(12)15(4)19(22-18)20(24)23(5)11-16-8-9-21-10-14(16)3/h6-10,22H,11H2,1-5H3. The van der Waals surface area contributed by atoms with Crippen molar-refractivity contribution < 1.29 is 4.79 Å². The lowest BCUT2D eigenvalue weighted by Crippen LogP contribution is -2.27. The predicted molar refractivity (Wildman–Crippen MR) is 97.3 cm³/mol. The number of nitrogens with zero attached hydrogens (tertiary/aromatic N) is 2. The van der Waals surface area contributed by atoms with E-state index in [0.717, 1.165) is 33.2 Å². The minimum atomic E-state index is 0.0127. The average molecular weight is 321 g/mol. The number of hydrogen-bond acceptors (Lipinski definition) is 2. The summed E-state index contributed by atoms with van der Waals surface area (Å²) in [7, 11) is 1.84. The zero-order valence-corrected chi connectivity index (χ0v) is 14.9. The molecule has 0 saturated carbocycles. The Hall–Kier alpha value is -2.62. The summed E-state index contributed by atoms with van der Waals surface area (Å²) in [5, 5.41) is 1.16. The van der Waals surface area contributed by atoms with Crippen molar-refractivity contribution in [1.29, 1.82) is 0 Å². The Labute approximate surface area is 142 Å². The van der Waals surface area contributed by atoms with Crippen molar-refractivity contribution in [3.8, 4) is 0 Å². The van der Waals surface area contributed by atoms with Crippen LogP contribution < -0.4 is 0 Å². The first-order chi connectivity index (χ1) is 11.4. The Morgan fingerprint density at radius 1 is 1.08 bits per heavy atom. The van der Waals surface area contributed by atoms with Crippen molar-refractivity contribution in [2.45, 2.75) is 34.2 Å². The summed E-state index contributed by atoms with van der Waals surface area (Å²) >= 11 is 0. The third-order valence-electron chi connectivity index (χ3n) is 4.73. The first-order valence-corrected chi connectivity index (χ1v) is 8.13. The Balaban J connectivity index is 1.97. The molecule has 0 aliphatic rings. The largest absolute Gasteiger partial charge is 0.350 e. The highest BCUT2D eigenvalue weighted by atomic mass is 16.2. The van der Waals surface area contributed by atoms with Gasteiger partial charge in [-0.15, -0.1) is 0 Å². The minimum Gasteiger partial charge on any atom is -0.350 e. The van der Waals surface area contributed by atoms with Crippen LogP contribution >= 0.6 is 0 Å². The highest BCUT2D eigenvalue weighted by molar-refractivity contribution is 6.02. The SMILES string of the molecule is Cc1cnccc1CN(C)C(=O)c1[nH]c2c(C)ccc(C)c2c1C. The minimum absolute atomic E-state index is 0.0127. The molecule has 4 heteroatoms. The van der Waals surface area contributed by atoms with Crippen molar-refractivity contribution in [3.63, 3.8) is 0 Å². The van der Waals surface area contributed by atoms with Gasteiger partial charge in [-0.25, -0.2) is 0 Å². The Morgan fingerprint density at radius 2 is 1.79 bits per heavy atom. The fraction of sp³-hybridized carbons (Fsp3) is 0.300. The molecule has 0 bridgehead atoms. The van der Waals surface area contributed by atoms with Gasteiger partial charge in [-0.3, -0.25) is 9.78 Å². The number of benzene rings is 1. The normalized spacial score (nSPS) is 11.0. The molecule has 2 aromatic heterocycles. The molecule has 0 unspecified atom stereocenters.